The van der Waals surface area contributed by atoms with Crippen LogP contribution in [-0.4, -0.2) is 16.8 Å². The van der Waals surface area contributed by atoms with E-state index < -0.39 is 5.25 Å². The van der Waals surface area contributed by atoms with Crippen molar-refractivity contribution in [2.24, 2.45) is 5.41 Å². The topological polar surface area (TPSA) is 71.1 Å². The predicted octanol–water partition coefficient (Wildman–Crippen LogP) is 8.31. The van der Waals surface area contributed by atoms with Crippen molar-refractivity contribution in [3.63, 3.8) is 0 Å². The lowest BCUT2D eigenvalue weighted by Crippen LogP contribution is -2.19. The summed E-state index contributed by atoms with van der Waals surface area (Å²) in [4.78, 5) is 31.2. The molecule has 1 atom stereocenters. The SMILES string of the molecule is CC(C)(C)CC(=O)Nc1ccc(SC(C(=O)Nc2nc(-c3ccc(Cl)cc3)cs2)c2ccccc2)cc1. The summed E-state index contributed by atoms with van der Waals surface area (Å²) in [5.74, 6) is -0.174. The Labute approximate surface area is 230 Å². The number of halogens is 1. The highest BCUT2D eigenvalue weighted by Gasteiger charge is 2.23. The Kier molecular flexibility index (Phi) is 8.69. The highest BCUT2D eigenvalue weighted by molar-refractivity contribution is 8.00. The molecule has 0 saturated heterocycles. The molecule has 4 aromatic rings. The fourth-order valence-electron chi connectivity index (χ4n) is 3.60. The number of carbonyl (C=O) groups excluding carboxylic acids is 2. The molecular formula is C29H28ClN3O2S2. The number of nitrogens with one attached hydrogen (secondary N) is 2. The molecule has 8 heteroatoms. The summed E-state index contributed by atoms with van der Waals surface area (Å²) in [5, 5.41) is 8.56. The van der Waals surface area contributed by atoms with E-state index in [9.17, 15) is 9.59 Å². The Morgan fingerprint density at radius 2 is 1.62 bits per heavy atom. The smallest absolute Gasteiger partial charge is 0.244 e. The van der Waals surface area contributed by atoms with Gasteiger partial charge in [-0.05, 0) is 47.4 Å². The van der Waals surface area contributed by atoms with Crippen molar-refractivity contribution in [2.75, 3.05) is 10.6 Å². The first kappa shape index (κ1) is 26.9. The number of anilines is 2. The summed E-state index contributed by atoms with van der Waals surface area (Å²) in [7, 11) is 0. The van der Waals surface area contributed by atoms with E-state index in [1.54, 1.807) is 0 Å². The molecule has 0 aliphatic heterocycles. The van der Waals surface area contributed by atoms with Gasteiger partial charge in [0.1, 0.15) is 5.25 Å². The van der Waals surface area contributed by atoms with E-state index in [1.807, 2.05) is 105 Å². The quantitative estimate of drug-likeness (QED) is 0.217. The fraction of sp³-hybridized carbons (Fsp3) is 0.207. The van der Waals surface area contributed by atoms with Gasteiger partial charge < -0.3 is 10.6 Å². The first-order valence-corrected chi connectivity index (χ1v) is 13.9. The predicted molar refractivity (Wildman–Crippen MR) is 155 cm³/mol. The van der Waals surface area contributed by atoms with Crippen molar-refractivity contribution in [3.05, 3.63) is 94.8 Å². The molecule has 0 bridgehead atoms. The lowest BCUT2D eigenvalue weighted by atomic mass is 9.92. The zero-order chi connectivity index (χ0) is 26.4. The number of hydrogen-bond donors (Lipinski definition) is 2. The second kappa shape index (κ2) is 11.9. The minimum absolute atomic E-state index is 0.0177. The Morgan fingerprint density at radius 1 is 0.946 bits per heavy atom. The molecule has 0 radical (unpaired) electrons. The van der Waals surface area contributed by atoms with Crippen LogP contribution in [0.4, 0.5) is 10.8 Å². The number of carbonyl (C=O) groups is 2. The Hall–Kier alpha value is -3.13. The third-order valence-electron chi connectivity index (χ3n) is 5.30. The number of amides is 2. The van der Waals surface area contributed by atoms with Crippen LogP contribution in [0.25, 0.3) is 11.3 Å². The number of rotatable bonds is 8. The average Bonchev–Trinajstić information content (AvgIpc) is 3.31. The van der Waals surface area contributed by atoms with E-state index in [1.165, 1.54) is 23.1 Å². The first-order valence-electron chi connectivity index (χ1n) is 11.8. The van der Waals surface area contributed by atoms with Gasteiger partial charge in [0.05, 0.1) is 5.69 Å². The molecule has 0 aliphatic carbocycles. The molecule has 1 aromatic heterocycles. The van der Waals surface area contributed by atoms with Gasteiger partial charge in [0.25, 0.3) is 0 Å². The van der Waals surface area contributed by atoms with Crippen LogP contribution >= 0.6 is 34.7 Å². The van der Waals surface area contributed by atoms with Crippen molar-refractivity contribution >= 4 is 57.3 Å². The summed E-state index contributed by atoms with van der Waals surface area (Å²) in [6, 6.07) is 24.7. The van der Waals surface area contributed by atoms with E-state index in [0.717, 1.165) is 27.4 Å². The van der Waals surface area contributed by atoms with Crippen molar-refractivity contribution in [3.8, 4) is 11.3 Å². The zero-order valence-electron chi connectivity index (χ0n) is 20.8. The molecule has 4 rings (SSSR count). The molecule has 1 heterocycles. The van der Waals surface area contributed by atoms with Gasteiger partial charge in [-0.25, -0.2) is 4.98 Å². The lowest BCUT2D eigenvalue weighted by Gasteiger charge is -2.18. The first-order chi connectivity index (χ1) is 17.7. The molecule has 190 valence electrons. The summed E-state index contributed by atoms with van der Waals surface area (Å²) in [6.07, 6.45) is 0.441. The molecule has 2 N–H and O–H groups in total. The van der Waals surface area contributed by atoms with Crippen LogP contribution < -0.4 is 10.6 Å². The highest BCUT2D eigenvalue weighted by atomic mass is 35.5. The monoisotopic (exact) mass is 549 g/mol. The van der Waals surface area contributed by atoms with Crippen molar-refractivity contribution in [1.29, 1.82) is 0 Å². The Balaban J connectivity index is 1.47. The van der Waals surface area contributed by atoms with Gasteiger partial charge in [-0.1, -0.05) is 74.8 Å². The standard InChI is InChI=1S/C29H28ClN3O2S2/c1-29(2,3)17-25(34)31-22-13-15-23(16-14-22)37-26(20-7-5-4-6-8-20)27(35)33-28-32-24(18-36-28)19-9-11-21(30)12-10-19/h4-16,18,26H,17H2,1-3H3,(H,31,34)(H,32,33,35). The molecule has 0 aliphatic rings. The van der Waals surface area contributed by atoms with Crippen LogP contribution in [0.2, 0.25) is 5.02 Å². The van der Waals surface area contributed by atoms with Gasteiger partial charge >= 0.3 is 0 Å². The number of benzene rings is 3. The van der Waals surface area contributed by atoms with Crippen LogP contribution in [0.3, 0.4) is 0 Å². The molecule has 0 spiro atoms. The lowest BCUT2D eigenvalue weighted by molar-refractivity contribution is -0.118. The Morgan fingerprint density at radius 3 is 2.27 bits per heavy atom. The van der Waals surface area contributed by atoms with E-state index >= 15 is 0 Å². The summed E-state index contributed by atoms with van der Waals surface area (Å²) < 4.78 is 0. The van der Waals surface area contributed by atoms with Crippen molar-refractivity contribution in [1.82, 2.24) is 4.98 Å². The van der Waals surface area contributed by atoms with Gasteiger partial charge in [0.2, 0.25) is 11.8 Å². The number of hydrogen-bond acceptors (Lipinski definition) is 5. The van der Waals surface area contributed by atoms with Gasteiger partial charge in [-0.15, -0.1) is 23.1 Å². The summed E-state index contributed by atoms with van der Waals surface area (Å²) >= 11 is 8.82. The third-order valence-corrected chi connectivity index (χ3v) is 7.57. The maximum Gasteiger partial charge on any atom is 0.244 e. The molecule has 37 heavy (non-hydrogen) atoms. The van der Waals surface area contributed by atoms with Crippen LogP contribution in [-0.2, 0) is 9.59 Å². The molecule has 1 unspecified atom stereocenters. The minimum atomic E-state index is -0.481. The fourth-order valence-corrected chi connectivity index (χ4v) is 5.47. The van der Waals surface area contributed by atoms with E-state index in [-0.39, 0.29) is 17.2 Å². The van der Waals surface area contributed by atoms with Crippen LogP contribution in [0.15, 0.2) is 89.1 Å². The van der Waals surface area contributed by atoms with Crippen LogP contribution in [0.5, 0.6) is 0 Å². The number of thioether (sulfide) groups is 1. The van der Waals surface area contributed by atoms with Gasteiger partial charge in [-0.3, -0.25) is 9.59 Å². The van der Waals surface area contributed by atoms with Gasteiger partial charge in [0.15, 0.2) is 5.13 Å². The van der Waals surface area contributed by atoms with Crippen LogP contribution in [0, 0.1) is 5.41 Å². The zero-order valence-corrected chi connectivity index (χ0v) is 23.2. The number of thiazole rings is 1. The average molecular weight is 550 g/mol. The van der Waals surface area contributed by atoms with E-state index in [0.29, 0.717) is 16.6 Å². The summed E-state index contributed by atoms with van der Waals surface area (Å²) in [6.45, 7) is 6.10. The largest absolute Gasteiger partial charge is 0.326 e. The van der Waals surface area contributed by atoms with Crippen molar-refractivity contribution < 1.29 is 9.59 Å². The van der Waals surface area contributed by atoms with Crippen molar-refractivity contribution in [2.45, 2.75) is 37.3 Å². The number of aromatic nitrogens is 1. The van der Waals surface area contributed by atoms with Crippen LogP contribution in [0.1, 0.15) is 38.0 Å². The Bertz CT molecular complexity index is 1350. The minimum Gasteiger partial charge on any atom is -0.326 e. The number of nitrogens with zero attached hydrogens (tertiary/aromatic N) is 1. The molecule has 0 fully saturated rings. The molecule has 0 saturated carbocycles. The molecular weight excluding hydrogens is 522 g/mol. The van der Waals surface area contributed by atoms with Gasteiger partial charge in [-0.2, -0.15) is 0 Å². The van der Waals surface area contributed by atoms with E-state index in [4.69, 9.17) is 11.6 Å². The van der Waals surface area contributed by atoms with E-state index in [2.05, 4.69) is 15.6 Å². The normalized spacial score (nSPS) is 12.1. The maximum atomic E-state index is 13.4. The van der Waals surface area contributed by atoms with Gasteiger partial charge in [0, 0.05) is 33.0 Å². The molecule has 5 nitrogen and oxygen atoms in total. The maximum absolute atomic E-state index is 13.4. The molecule has 3 aromatic carbocycles. The summed E-state index contributed by atoms with van der Waals surface area (Å²) in [5.41, 5.74) is 3.26. The third kappa shape index (κ3) is 7.92. The molecule has 2 amide bonds. The second-order valence-electron chi connectivity index (χ2n) is 9.75. The highest BCUT2D eigenvalue weighted by Crippen LogP contribution is 2.37. The second-order valence-corrected chi connectivity index (χ2v) is 12.2.